The molecule has 0 fully saturated rings. The summed E-state index contributed by atoms with van der Waals surface area (Å²) < 4.78 is 49.5. The number of carbonyl (C=O) groups excluding carboxylic acids is 1. The second-order valence-electron chi connectivity index (χ2n) is 6.31. The molecule has 0 radical (unpaired) electrons. The molecule has 0 heterocycles. The molecule has 0 saturated heterocycles. The van der Waals surface area contributed by atoms with Gasteiger partial charge < -0.3 is 14.8 Å². The van der Waals surface area contributed by atoms with Gasteiger partial charge in [0.15, 0.2) is 6.61 Å². The fourth-order valence-electron chi connectivity index (χ4n) is 2.47. The molecule has 1 N–H and O–H groups in total. The monoisotopic (exact) mass is 381 g/mol. The van der Waals surface area contributed by atoms with Gasteiger partial charge in [-0.3, -0.25) is 4.79 Å². The van der Waals surface area contributed by atoms with E-state index in [0.717, 1.165) is 11.6 Å². The molecule has 146 valence electrons. The molecule has 1 atom stereocenters. The van der Waals surface area contributed by atoms with Crippen molar-refractivity contribution < 1.29 is 27.4 Å². The highest BCUT2D eigenvalue weighted by Crippen LogP contribution is 2.35. The molecule has 27 heavy (non-hydrogen) atoms. The minimum absolute atomic E-state index is 0.0206. The molecular weight excluding hydrogens is 359 g/mol. The topological polar surface area (TPSA) is 47.6 Å². The molecule has 0 bridgehead atoms. The molecule has 1 amide bonds. The van der Waals surface area contributed by atoms with Gasteiger partial charge in [0, 0.05) is 0 Å². The second kappa shape index (κ2) is 8.79. The van der Waals surface area contributed by atoms with Gasteiger partial charge in [-0.15, -0.1) is 0 Å². The Bertz CT molecular complexity index is 775. The predicted molar refractivity (Wildman–Crippen MR) is 95.7 cm³/mol. The van der Waals surface area contributed by atoms with E-state index in [-0.39, 0.29) is 17.9 Å². The molecule has 2 rings (SSSR count). The Kier molecular flexibility index (Phi) is 6.71. The Balaban J connectivity index is 1.97. The Labute approximate surface area is 156 Å². The van der Waals surface area contributed by atoms with Crippen LogP contribution >= 0.6 is 0 Å². The number of para-hydroxylation sites is 1. The van der Waals surface area contributed by atoms with Gasteiger partial charge in [-0.05, 0) is 50.6 Å². The van der Waals surface area contributed by atoms with Crippen molar-refractivity contribution in [2.45, 2.75) is 39.1 Å². The molecule has 0 aliphatic carbocycles. The largest absolute Gasteiger partial charge is 0.491 e. The van der Waals surface area contributed by atoms with Crippen molar-refractivity contribution in [2.75, 3.05) is 6.61 Å². The van der Waals surface area contributed by atoms with Gasteiger partial charge >= 0.3 is 6.18 Å². The molecule has 0 saturated carbocycles. The number of nitrogens with one attached hydrogen (secondary N) is 1. The summed E-state index contributed by atoms with van der Waals surface area (Å²) in [5.41, 5.74) is -0.0958. The van der Waals surface area contributed by atoms with Crippen molar-refractivity contribution in [3.63, 3.8) is 0 Å². The van der Waals surface area contributed by atoms with Crippen LogP contribution < -0.4 is 14.8 Å². The molecule has 2 aromatic rings. The standard InChI is InChI=1S/C20H22F3NO3/c1-13(2)27-16-8-6-7-15(11-16)14(3)24-19(25)12-26-18-10-5-4-9-17(18)20(21,22)23/h4-11,13-14H,12H2,1-3H3,(H,24,25). The van der Waals surface area contributed by atoms with Crippen molar-refractivity contribution in [3.05, 3.63) is 59.7 Å². The number of alkyl halides is 3. The SMILES string of the molecule is CC(C)Oc1cccc(C(C)NC(=O)COc2ccccc2C(F)(F)F)c1. The number of hydrogen-bond donors (Lipinski definition) is 1. The van der Waals surface area contributed by atoms with E-state index in [1.807, 2.05) is 38.1 Å². The smallest absolute Gasteiger partial charge is 0.419 e. The normalized spacial score (nSPS) is 12.6. The maximum Gasteiger partial charge on any atom is 0.419 e. The summed E-state index contributed by atoms with van der Waals surface area (Å²) in [5.74, 6) is -0.214. The number of halogens is 3. The van der Waals surface area contributed by atoms with E-state index >= 15 is 0 Å². The fraction of sp³-hybridized carbons (Fsp3) is 0.350. The molecule has 0 aromatic heterocycles. The summed E-state index contributed by atoms with van der Waals surface area (Å²) >= 11 is 0. The predicted octanol–water partition coefficient (Wildman–Crippen LogP) is 4.75. The third-order valence-corrected chi connectivity index (χ3v) is 3.66. The highest BCUT2D eigenvalue weighted by Gasteiger charge is 2.34. The van der Waals surface area contributed by atoms with Crippen LogP contribution in [0.25, 0.3) is 0 Å². The summed E-state index contributed by atoms with van der Waals surface area (Å²) in [6.45, 7) is 5.08. The lowest BCUT2D eigenvalue weighted by Gasteiger charge is -2.17. The highest BCUT2D eigenvalue weighted by molar-refractivity contribution is 5.78. The highest BCUT2D eigenvalue weighted by atomic mass is 19.4. The molecule has 0 aliphatic heterocycles. The van der Waals surface area contributed by atoms with Crippen molar-refractivity contribution in [1.82, 2.24) is 5.32 Å². The van der Waals surface area contributed by atoms with Crippen LogP contribution in [0.3, 0.4) is 0 Å². The summed E-state index contributed by atoms with van der Waals surface area (Å²) in [4.78, 5) is 12.1. The van der Waals surface area contributed by atoms with Crippen LogP contribution in [-0.2, 0) is 11.0 Å². The molecule has 0 aliphatic rings. The Hall–Kier alpha value is -2.70. The Morgan fingerprint density at radius 1 is 1.07 bits per heavy atom. The second-order valence-corrected chi connectivity index (χ2v) is 6.31. The van der Waals surface area contributed by atoms with Crippen molar-refractivity contribution in [3.8, 4) is 11.5 Å². The Morgan fingerprint density at radius 3 is 2.44 bits per heavy atom. The van der Waals surface area contributed by atoms with E-state index in [4.69, 9.17) is 9.47 Å². The van der Waals surface area contributed by atoms with Gasteiger partial charge in [0.2, 0.25) is 0 Å². The van der Waals surface area contributed by atoms with Crippen molar-refractivity contribution >= 4 is 5.91 Å². The number of hydrogen-bond acceptors (Lipinski definition) is 3. The van der Waals surface area contributed by atoms with E-state index in [9.17, 15) is 18.0 Å². The lowest BCUT2D eigenvalue weighted by atomic mass is 10.1. The fourth-order valence-corrected chi connectivity index (χ4v) is 2.47. The third-order valence-electron chi connectivity index (χ3n) is 3.66. The van der Waals surface area contributed by atoms with E-state index in [0.29, 0.717) is 5.75 Å². The van der Waals surface area contributed by atoms with Crippen LogP contribution in [0.5, 0.6) is 11.5 Å². The van der Waals surface area contributed by atoms with Crippen molar-refractivity contribution in [2.24, 2.45) is 0 Å². The molecular formula is C20H22F3NO3. The van der Waals surface area contributed by atoms with Gasteiger partial charge in [0.1, 0.15) is 11.5 Å². The van der Waals surface area contributed by atoms with Gasteiger partial charge in [0.05, 0.1) is 17.7 Å². The first kappa shape index (κ1) is 20.6. The maximum atomic E-state index is 12.9. The number of ether oxygens (including phenoxy) is 2. The minimum Gasteiger partial charge on any atom is -0.491 e. The first-order valence-corrected chi connectivity index (χ1v) is 8.52. The van der Waals surface area contributed by atoms with Gasteiger partial charge in [-0.2, -0.15) is 13.2 Å². The van der Waals surface area contributed by atoms with Crippen LogP contribution in [0.1, 0.15) is 37.9 Å². The molecule has 0 spiro atoms. The first-order valence-electron chi connectivity index (χ1n) is 8.52. The Morgan fingerprint density at radius 2 is 1.78 bits per heavy atom. The molecule has 1 unspecified atom stereocenters. The van der Waals surface area contributed by atoms with Crippen LogP contribution in [0.15, 0.2) is 48.5 Å². The van der Waals surface area contributed by atoms with Crippen LogP contribution in [0.2, 0.25) is 0 Å². The van der Waals surface area contributed by atoms with E-state index < -0.39 is 24.3 Å². The van der Waals surface area contributed by atoms with E-state index in [2.05, 4.69) is 5.32 Å². The van der Waals surface area contributed by atoms with E-state index in [1.165, 1.54) is 18.2 Å². The zero-order chi connectivity index (χ0) is 20.0. The maximum absolute atomic E-state index is 12.9. The number of benzene rings is 2. The first-order chi connectivity index (χ1) is 12.7. The van der Waals surface area contributed by atoms with E-state index in [1.54, 1.807) is 6.92 Å². The minimum atomic E-state index is -4.54. The van der Waals surface area contributed by atoms with Crippen molar-refractivity contribution in [1.29, 1.82) is 0 Å². The zero-order valence-corrected chi connectivity index (χ0v) is 15.3. The number of carbonyl (C=O) groups is 1. The number of amides is 1. The summed E-state index contributed by atoms with van der Waals surface area (Å²) in [5, 5.41) is 2.70. The van der Waals surface area contributed by atoms with Gasteiger partial charge in [0.25, 0.3) is 5.91 Å². The average Bonchev–Trinajstić information content (AvgIpc) is 2.59. The molecule has 2 aromatic carbocycles. The van der Waals surface area contributed by atoms with Crippen LogP contribution in [0.4, 0.5) is 13.2 Å². The third kappa shape index (κ3) is 6.20. The lowest BCUT2D eigenvalue weighted by Crippen LogP contribution is -2.31. The van der Waals surface area contributed by atoms with Crippen LogP contribution in [-0.4, -0.2) is 18.6 Å². The van der Waals surface area contributed by atoms with Gasteiger partial charge in [-0.1, -0.05) is 24.3 Å². The molecule has 4 nitrogen and oxygen atoms in total. The molecule has 7 heteroatoms. The van der Waals surface area contributed by atoms with Gasteiger partial charge in [-0.25, -0.2) is 0 Å². The quantitative estimate of drug-likeness (QED) is 0.753. The summed E-state index contributed by atoms with van der Waals surface area (Å²) in [6, 6.07) is 11.7. The lowest BCUT2D eigenvalue weighted by molar-refractivity contribution is -0.139. The number of rotatable bonds is 7. The summed E-state index contributed by atoms with van der Waals surface area (Å²) in [6.07, 6.45) is -4.52. The zero-order valence-electron chi connectivity index (χ0n) is 15.3. The average molecular weight is 381 g/mol. The van der Waals surface area contributed by atoms with Crippen LogP contribution in [0, 0.1) is 0 Å². The summed E-state index contributed by atoms with van der Waals surface area (Å²) in [7, 11) is 0.